The molecule has 0 radical (unpaired) electrons. The van der Waals surface area contributed by atoms with Gasteiger partial charge in [0.25, 0.3) is 0 Å². The van der Waals surface area contributed by atoms with Gasteiger partial charge in [-0.1, -0.05) is 11.6 Å². The number of nitrogens with one attached hydrogen (secondary N) is 1. The van der Waals surface area contributed by atoms with Crippen molar-refractivity contribution in [2.24, 2.45) is 0 Å². The summed E-state index contributed by atoms with van der Waals surface area (Å²) in [4.78, 5) is 2.54. The SMILES string of the molecule is CCOc1ccc(Cl)cc1C(c1ccsc1)N1CCCNCC1. The Morgan fingerprint density at radius 3 is 3.00 bits per heavy atom. The summed E-state index contributed by atoms with van der Waals surface area (Å²) in [6, 6.07) is 8.38. The predicted octanol–water partition coefficient (Wildman–Crippen LogP) is 4.18. The molecule has 3 rings (SSSR count). The average molecular weight is 351 g/mol. The molecule has 1 unspecified atom stereocenters. The first-order valence-electron chi connectivity index (χ1n) is 8.18. The van der Waals surface area contributed by atoms with Crippen LogP contribution in [0.4, 0.5) is 0 Å². The number of thiophene rings is 1. The Labute approximate surface area is 147 Å². The molecule has 1 saturated heterocycles. The minimum Gasteiger partial charge on any atom is -0.494 e. The maximum atomic E-state index is 6.31. The molecule has 0 bridgehead atoms. The maximum Gasteiger partial charge on any atom is 0.124 e. The first kappa shape index (κ1) is 16.8. The van der Waals surface area contributed by atoms with E-state index in [1.54, 1.807) is 11.3 Å². The van der Waals surface area contributed by atoms with Gasteiger partial charge in [0, 0.05) is 30.2 Å². The number of hydrogen-bond donors (Lipinski definition) is 1. The third-order valence-electron chi connectivity index (χ3n) is 4.17. The summed E-state index contributed by atoms with van der Waals surface area (Å²) < 4.78 is 5.90. The summed E-state index contributed by atoms with van der Waals surface area (Å²) >= 11 is 8.05. The van der Waals surface area contributed by atoms with Gasteiger partial charge in [0.1, 0.15) is 5.75 Å². The molecule has 1 aromatic carbocycles. The molecule has 124 valence electrons. The van der Waals surface area contributed by atoms with Gasteiger partial charge in [-0.2, -0.15) is 11.3 Å². The van der Waals surface area contributed by atoms with E-state index in [-0.39, 0.29) is 6.04 Å². The van der Waals surface area contributed by atoms with Crippen molar-refractivity contribution < 1.29 is 4.74 Å². The van der Waals surface area contributed by atoms with Crippen molar-refractivity contribution in [2.75, 3.05) is 32.8 Å². The van der Waals surface area contributed by atoms with E-state index in [0.29, 0.717) is 6.61 Å². The van der Waals surface area contributed by atoms with Crippen molar-refractivity contribution in [3.8, 4) is 5.75 Å². The Kier molecular flexibility index (Phi) is 5.95. The number of rotatable bonds is 5. The summed E-state index contributed by atoms with van der Waals surface area (Å²) in [7, 11) is 0. The van der Waals surface area contributed by atoms with Crippen LogP contribution in [0.25, 0.3) is 0 Å². The lowest BCUT2D eigenvalue weighted by Crippen LogP contribution is -2.33. The van der Waals surface area contributed by atoms with E-state index in [0.717, 1.165) is 43.4 Å². The molecule has 5 heteroatoms. The van der Waals surface area contributed by atoms with Crippen molar-refractivity contribution in [3.05, 3.63) is 51.2 Å². The quantitative estimate of drug-likeness (QED) is 0.875. The van der Waals surface area contributed by atoms with Gasteiger partial charge in [-0.25, -0.2) is 0 Å². The monoisotopic (exact) mass is 350 g/mol. The molecule has 1 N–H and O–H groups in total. The van der Waals surface area contributed by atoms with E-state index in [4.69, 9.17) is 16.3 Å². The van der Waals surface area contributed by atoms with Crippen LogP contribution in [-0.2, 0) is 0 Å². The van der Waals surface area contributed by atoms with Crippen molar-refractivity contribution in [1.29, 1.82) is 0 Å². The standard InChI is InChI=1S/C18H23ClN2OS/c1-2-22-17-5-4-15(19)12-16(17)18(14-6-11-23-13-14)21-9-3-7-20-8-10-21/h4-6,11-13,18,20H,2-3,7-10H2,1H3. The summed E-state index contributed by atoms with van der Waals surface area (Å²) in [6.45, 7) is 6.89. The second-order valence-corrected chi connectivity index (χ2v) is 6.93. The summed E-state index contributed by atoms with van der Waals surface area (Å²) in [6.07, 6.45) is 1.16. The molecule has 3 nitrogen and oxygen atoms in total. The molecule has 2 aromatic rings. The molecule has 0 spiro atoms. The largest absolute Gasteiger partial charge is 0.494 e. The lowest BCUT2D eigenvalue weighted by Gasteiger charge is -2.31. The van der Waals surface area contributed by atoms with Gasteiger partial charge in [0.05, 0.1) is 12.6 Å². The lowest BCUT2D eigenvalue weighted by atomic mass is 9.98. The fraction of sp³-hybridized carbons (Fsp3) is 0.444. The first-order valence-corrected chi connectivity index (χ1v) is 9.50. The van der Waals surface area contributed by atoms with Crippen molar-refractivity contribution in [2.45, 2.75) is 19.4 Å². The molecule has 0 saturated carbocycles. The van der Waals surface area contributed by atoms with Gasteiger partial charge >= 0.3 is 0 Å². The lowest BCUT2D eigenvalue weighted by molar-refractivity contribution is 0.233. The Morgan fingerprint density at radius 1 is 1.30 bits per heavy atom. The number of ether oxygens (including phenoxy) is 1. The molecule has 1 aliphatic heterocycles. The van der Waals surface area contributed by atoms with Crippen molar-refractivity contribution in [3.63, 3.8) is 0 Å². The zero-order valence-electron chi connectivity index (χ0n) is 13.4. The number of hydrogen-bond acceptors (Lipinski definition) is 4. The van der Waals surface area contributed by atoms with Gasteiger partial charge in [0.2, 0.25) is 0 Å². The number of nitrogens with zero attached hydrogens (tertiary/aromatic N) is 1. The van der Waals surface area contributed by atoms with E-state index in [2.05, 4.69) is 33.1 Å². The molecule has 1 atom stereocenters. The Bertz CT molecular complexity index is 609. The summed E-state index contributed by atoms with van der Waals surface area (Å²) in [5, 5.41) is 8.62. The van der Waals surface area contributed by atoms with Crippen molar-refractivity contribution in [1.82, 2.24) is 10.2 Å². The van der Waals surface area contributed by atoms with Crippen LogP contribution < -0.4 is 10.1 Å². The van der Waals surface area contributed by atoms with Crippen LogP contribution >= 0.6 is 22.9 Å². The van der Waals surface area contributed by atoms with Crippen LogP contribution in [0.3, 0.4) is 0 Å². The number of halogens is 1. The van der Waals surface area contributed by atoms with Gasteiger partial charge in [-0.3, -0.25) is 4.90 Å². The molecule has 2 heterocycles. The van der Waals surface area contributed by atoms with E-state index >= 15 is 0 Å². The molecular weight excluding hydrogens is 328 g/mol. The van der Waals surface area contributed by atoms with Gasteiger partial charge in [0.15, 0.2) is 0 Å². The Hall–Kier alpha value is -1.07. The molecule has 0 aliphatic carbocycles. The second kappa shape index (κ2) is 8.15. The third kappa shape index (κ3) is 4.07. The fourth-order valence-corrected chi connectivity index (χ4v) is 4.02. The van der Waals surface area contributed by atoms with Crippen LogP contribution in [-0.4, -0.2) is 37.7 Å². The highest BCUT2D eigenvalue weighted by molar-refractivity contribution is 7.08. The predicted molar refractivity (Wildman–Crippen MR) is 97.8 cm³/mol. The Morgan fingerprint density at radius 2 is 2.22 bits per heavy atom. The second-order valence-electron chi connectivity index (χ2n) is 5.71. The average Bonchev–Trinajstić information content (AvgIpc) is 2.93. The minimum atomic E-state index is 0.196. The molecule has 1 aliphatic rings. The maximum absolute atomic E-state index is 6.31. The van der Waals surface area contributed by atoms with Crippen LogP contribution in [0.1, 0.15) is 30.5 Å². The van der Waals surface area contributed by atoms with Crippen LogP contribution in [0.5, 0.6) is 5.75 Å². The van der Waals surface area contributed by atoms with E-state index in [1.807, 2.05) is 19.1 Å². The van der Waals surface area contributed by atoms with E-state index in [1.165, 1.54) is 11.1 Å². The smallest absolute Gasteiger partial charge is 0.124 e. The van der Waals surface area contributed by atoms with E-state index < -0.39 is 0 Å². The first-order chi connectivity index (χ1) is 11.3. The molecular formula is C18H23ClN2OS. The van der Waals surface area contributed by atoms with Crippen molar-refractivity contribution >= 4 is 22.9 Å². The van der Waals surface area contributed by atoms with Gasteiger partial charge in [-0.15, -0.1) is 0 Å². The Balaban J connectivity index is 2.02. The van der Waals surface area contributed by atoms with E-state index in [9.17, 15) is 0 Å². The highest BCUT2D eigenvalue weighted by Crippen LogP contribution is 2.37. The minimum absolute atomic E-state index is 0.196. The summed E-state index contributed by atoms with van der Waals surface area (Å²) in [5.74, 6) is 0.935. The van der Waals surface area contributed by atoms with Gasteiger partial charge in [-0.05, 0) is 60.5 Å². The zero-order valence-corrected chi connectivity index (χ0v) is 15.0. The molecule has 23 heavy (non-hydrogen) atoms. The van der Waals surface area contributed by atoms with Crippen LogP contribution in [0.15, 0.2) is 35.0 Å². The summed E-state index contributed by atoms with van der Waals surface area (Å²) in [5.41, 5.74) is 2.49. The molecule has 1 fully saturated rings. The number of benzene rings is 1. The third-order valence-corrected chi connectivity index (χ3v) is 5.10. The molecule has 0 amide bonds. The zero-order chi connectivity index (χ0) is 16.1. The highest BCUT2D eigenvalue weighted by atomic mass is 35.5. The van der Waals surface area contributed by atoms with Crippen LogP contribution in [0, 0.1) is 0 Å². The fourth-order valence-electron chi connectivity index (χ4n) is 3.16. The normalized spacial score (nSPS) is 17.7. The molecule has 1 aromatic heterocycles. The van der Waals surface area contributed by atoms with Crippen LogP contribution in [0.2, 0.25) is 5.02 Å². The highest BCUT2D eigenvalue weighted by Gasteiger charge is 2.26. The van der Waals surface area contributed by atoms with Gasteiger partial charge < -0.3 is 10.1 Å². The topological polar surface area (TPSA) is 24.5 Å².